The number of nitrogens with one attached hydrogen (secondary N) is 3. The van der Waals surface area contributed by atoms with Crippen LogP contribution in [-0.4, -0.2) is 24.6 Å². The first kappa shape index (κ1) is 22.9. The number of carbonyl (C=O) groups excluding carboxylic acids is 2. The van der Waals surface area contributed by atoms with Crippen molar-refractivity contribution in [3.05, 3.63) is 59.7 Å². The van der Waals surface area contributed by atoms with E-state index in [2.05, 4.69) is 16.0 Å². The SMILES string of the molecule is CNc1ccc(/C(C)=C/C(=O)OC(C)(C)C)cc1NC(=O)Nc1ccc(F)cc1F. The molecule has 0 heterocycles. The molecule has 0 aliphatic heterocycles. The summed E-state index contributed by atoms with van der Waals surface area (Å²) >= 11 is 0. The van der Waals surface area contributed by atoms with E-state index in [0.717, 1.165) is 12.1 Å². The van der Waals surface area contributed by atoms with E-state index in [9.17, 15) is 18.4 Å². The maximum absolute atomic E-state index is 13.8. The van der Waals surface area contributed by atoms with Crippen molar-refractivity contribution in [3.63, 3.8) is 0 Å². The summed E-state index contributed by atoms with van der Waals surface area (Å²) in [6, 6.07) is 7.34. The van der Waals surface area contributed by atoms with Crippen LogP contribution in [-0.2, 0) is 9.53 Å². The number of esters is 1. The first-order chi connectivity index (χ1) is 14.0. The molecule has 2 aromatic rings. The molecule has 0 spiro atoms. The Morgan fingerprint density at radius 2 is 1.60 bits per heavy atom. The molecule has 0 saturated carbocycles. The van der Waals surface area contributed by atoms with E-state index < -0.39 is 29.2 Å². The second-order valence-electron chi connectivity index (χ2n) is 7.57. The van der Waals surface area contributed by atoms with E-state index in [1.807, 2.05) is 0 Å². The van der Waals surface area contributed by atoms with Crippen molar-refractivity contribution in [2.24, 2.45) is 0 Å². The highest BCUT2D eigenvalue weighted by Crippen LogP contribution is 2.27. The van der Waals surface area contributed by atoms with Gasteiger partial charge in [-0.3, -0.25) is 0 Å². The molecule has 0 radical (unpaired) electrons. The lowest BCUT2D eigenvalue weighted by atomic mass is 10.1. The lowest BCUT2D eigenvalue weighted by Crippen LogP contribution is -2.22. The first-order valence-corrected chi connectivity index (χ1v) is 9.25. The van der Waals surface area contributed by atoms with Crippen molar-refractivity contribution < 1.29 is 23.1 Å². The predicted octanol–water partition coefficient (Wildman–Crippen LogP) is 5.40. The number of amides is 2. The first-order valence-electron chi connectivity index (χ1n) is 9.25. The van der Waals surface area contributed by atoms with Crippen LogP contribution in [0.2, 0.25) is 0 Å². The maximum Gasteiger partial charge on any atom is 0.331 e. The van der Waals surface area contributed by atoms with Crippen LogP contribution in [0, 0.1) is 11.6 Å². The zero-order valence-electron chi connectivity index (χ0n) is 17.5. The summed E-state index contributed by atoms with van der Waals surface area (Å²) in [6.45, 7) is 7.08. The van der Waals surface area contributed by atoms with E-state index in [4.69, 9.17) is 4.74 Å². The molecule has 0 atom stereocenters. The van der Waals surface area contributed by atoms with Gasteiger partial charge < -0.3 is 20.7 Å². The fourth-order valence-corrected chi connectivity index (χ4v) is 2.57. The summed E-state index contributed by atoms with van der Waals surface area (Å²) in [7, 11) is 1.68. The standard InChI is InChI=1S/C22H25F2N3O3/c1-13(10-20(28)30-22(2,3)4)14-6-8-18(25-5)19(11-14)27-21(29)26-17-9-7-15(23)12-16(17)24/h6-12,25H,1-5H3,(H2,26,27,29)/b13-10+. The van der Waals surface area contributed by atoms with Crippen LogP contribution in [0.5, 0.6) is 0 Å². The highest BCUT2D eigenvalue weighted by atomic mass is 19.1. The maximum atomic E-state index is 13.8. The molecule has 0 aliphatic rings. The highest BCUT2D eigenvalue weighted by Gasteiger charge is 2.15. The van der Waals surface area contributed by atoms with Crippen LogP contribution < -0.4 is 16.0 Å². The average Bonchev–Trinajstić information content (AvgIpc) is 2.62. The third-order valence-corrected chi connectivity index (χ3v) is 3.91. The van der Waals surface area contributed by atoms with Gasteiger partial charge in [0.05, 0.1) is 17.1 Å². The molecule has 2 rings (SSSR count). The van der Waals surface area contributed by atoms with Gasteiger partial charge in [0.25, 0.3) is 0 Å². The molecule has 3 N–H and O–H groups in total. The lowest BCUT2D eigenvalue weighted by Gasteiger charge is -2.18. The normalized spacial score (nSPS) is 11.6. The van der Waals surface area contributed by atoms with Crippen LogP contribution in [0.25, 0.3) is 5.57 Å². The molecule has 0 bridgehead atoms. The van der Waals surface area contributed by atoms with Crippen molar-refractivity contribution in [2.45, 2.75) is 33.3 Å². The number of benzene rings is 2. The minimum absolute atomic E-state index is 0.155. The number of rotatable bonds is 5. The van der Waals surface area contributed by atoms with Crippen molar-refractivity contribution >= 4 is 34.6 Å². The van der Waals surface area contributed by atoms with Crippen molar-refractivity contribution in [2.75, 3.05) is 23.0 Å². The number of ether oxygens (including phenoxy) is 1. The Morgan fingerprint density at radius 1 is 0.967 bits per heavy atom. The fourth-order valence-electron chi connectivity index (χ4n) is 2.57. The van der Waals surface area contributed by atoms with E-state index in [-0.39, 0.29) is 5.69 Å². The largest absolute Gasteiger partial charge is 0.457 e. The second-order valence-corrected chi connectivity index (χ2v) is 7.57. The third kappa shape index (κ3) is 6.58. The molecule has 160 valence electrons. The molecule has 2 aromatic carbocycles. The van der Waals surface area contributed by atoms with Crippen molar-refractivity contribution in [1.82, 2.24) is 0 Å². The molecule has 30 heavy (non-hydrogen) atoms. The van der Waals surface area contributed by atoms with Crippen molar-refractivity contribution in [3.8, 4) is 0 Å². The van der Waals surface area contributed by atoms with Crippen molar-refractivity contribution in [1.29, 1.82) is 0 Å². The summed E-state index contributed by atoms with van der Waals surface area (Å²) in [5.41, 5.74) is 1.58. The molecular weight excluding hydrogens is 392 g/mol. The van der Waals surface area contributed by atoms with Gasteiger partial charge in [-0.1, -0.05) is 6.07 Å². The van der Waals surface area contributed by atoms with Crippen LogP contribution in [0.4, 0.5) is 30.6 Å². The molecule has 0 aliphatic carbocycles. The topological polar surface area (TPSA) is 79.5 Å². The van der Waals surface area contributed by atoms with Gasteiger partial charge in [-0.25, -0.2) is 18.4 Å². The minimum atomic E-state index is -0.885. The Labute approximate surface area is 174 Å². The number of anilines is 3. The lowest BCUT2D eigenvalue weighted by molar-refractivity contribution is -0.148. The van der Waals surface area contributed by atoms with Gasteiger partial charge in [0.2, 0.25) is 0 Å². The number of urea groups is 1. The Bertz CT molecular complexity index is 982. The number of hydrogen-bond acceptors (Lipinski definition) is 4. The van der Waals surface area contributed by atoms with Crippen LogP contribution in [0.3, 0.4) is 0 Å². The fraction of sp³-hybridized carbons (Fsp3) is 0.273. The Balaban J connectivity index is 2.21. The Hall–Kier alpha value is -3.42. The highest BCUT2D eigenvalue weighted by molar-refractivity contribution is 6.02. The average molecular weight is 417 g/mol. The van der Waals surface area contributed by atoms with Gasteiger partial charge >= 0.3 is 12.0 Å². The number of halogens is 2. The van der Waals surface area contributed by atoms with Crippen LogP contribution in [0.15, 0.2) is 42.5 Å². The van der Waals surface area contributed by atoms with E-state index >= 15 is 0 Å². The monoisotopic (exact) mass is 417 g/mol. The number of carbonyl (C=O) groups is 2. The number of hydrogen-bond donors (Lipinski definition) is 3. The summed E-state index contributed by atoms with van der Waals surface area (Å²) < 4.78 is 32.1. The smallest absolute Gasteiger partial charge is 0.331 e. The summed E-state index contributed by atoms with van der Waals surface area (Å²) in [4.78, 5) is 24.3. The molecule has 6 nitrogen and oxygen atoms in total. The summed E-state index contributed by atoms with van der Waals surface area (Å²) in [5.74, 6) is -2.10. The molecule has 0 unspecified atom stereocenters. The van der Waals surface area contributed by atoms with Gasteiger partial charge in [-0.15, -0.1) is 0 Å². The quantitative estimate of drug-likeness (QED) is 0.450. The predicted molar refractivity (Wildman–Crippen MR) is 114 cm³/mol. The molecule has 0 saturated heterocycles. The summed E-state index contributed by atoms with van der Waals surface area (Å²) in [5, 5.41) is 7.90. The third-order valence-electron chi connectivity index (χ3n) is 3.91. The van der Waals surface area contributed by atoms with Gasteiger partial charge in [-0.2, -0.15) is 0 Å². The summed E-state index contributed by atoms with van der Waals surface area (Å²) in [6.07, 6.45) is 1.37. The molecule has 0 aromatic heterocycles. The second kappa shape index (κ2) is 9.39. The molecular formula is C22H25F2N3O3. The zero-order valence-corrected chi connectivity index (χ0v) is 17.5. The van der Waals surface area contributed by atoms with Gasteiger partial charge in [0.15, 0.2) is 0 Å². The van der Waals surface area contributed by atoms with Gasteiger partial charge in [-0.05, 0) is 63.1 Å². The zero-order chi connectivity index (χ0) is 22.5. The van der Waals surface area contributed by atoms with E-state index in [1.54, 1.807) is 52.9 Å². The number of allylic oxidation sites excluding steroid dienone is 1. The molecule has 0 fully saturated rings. The molecule has 8 heteroatoms. The molecule has 2 amide bonds. The Kier molecular flexibility index (Phi) is 7.15. The Morgan fingerprint density at radius 3 is 2.20 bits per heavy atom. The van der Waals surface area contributed by atoms with Crippen LogP contribution in [0.1, 0.15) is 33.3 Å². The van der Waals surface area contributed by atoms with Crippen LogP contribution >= 0.6 is 0 Å². The van der Waals surface area contributed by atoms with Gasteiger partial charge in [0, 0.05) is 19.2 Å². The van der Waals surface area contributed by atoms with Gasteiger partial charge in [0.1, 0.15) is 17.2 Å². The minimum Gasteiger partial charge on any atom is -0.457 e. The van der Waals surface area contributed by atoms with E-state index in [0.29, 0.717) is 28.6 Å². The van der Waals surface area contributed by atoms with E-state index in [1.165, 1.54) is 6.08 Å².